The van der Waals surface area contributed by atoms with Gasteiger partial charge in [-0.25, -0.2) is 24.3 Å². The fourth-order valence-electron chi connectivity index (χ4n) is 16.0. The quantitative estimate of drug-likeness (QED) is 0.0292. The van der Waals surface area contributed by atoms with E-state index >= 15 is 0 Å². The molecule has 4 aliphatic heterocycles. The lowest BCUT2D eigenvalue weighted by Crippen LogP contribution is -2.46. The molecular formula is C106H111Cl2FN20O5. The number of likely N-dealkylation sites (tertiary alicyclic amines) is 2. The summed E-state index contributed by atoms with van der Waals surface area (Å²) in [5.41, 5.74) is 36.6. The zero-order valence-electron chi connectivity index (χ0n) is 76.3. The maximum Gasteiger partial charge on any atom is 0.256 e. The molecule has 10 heterocycles. The van der Waals surface area contributed by atoms with Gasteiger partial charge < -0.3 is 63.6 Å². The molecule has 7 aromatic carbocycles. The van der Waals surface area contributed by atoms with Crippen molar-refractivity contribution in [2.24, 2.45) is 0 Å². The number of hydrogen-bond acceptors (Lipinski definition) is 20. The Morgan fingerprint density at radius 2 is 0.821 bits per heavy atom. The van der Waals surface area contributed by atoms with Crippen LogP contribution in [-0.2, 0) is 11.3 Å². The Balaban J connectivity index is 0.000000144. The van der Waals surface area contributed by atoms with Crippen LogP contribution in [0.1, 0.15) is 153 Å². The number of fused-ring (bicyclic) bond motifs is 4. The second kappa shape index (κ2) is 47.0. The topological polar surface area (TPSA) is 328 Å². The highest BCUT2D eigenvalue weighted by Crippen LogP contribution is 2.30. The number of benzene rings is 7. The number of nitrogens with one attached hydrogen (secondary N) is 4. The van der Waals surface area contributed by atoms with Crippen molar-refractivity contribution in [2.75, 3.05) is 160 Å². The molecule has 4 saturated heterocycles. The van der Waals surface area contributed by atoms with Crippen LogP contribution in [0.2, 0.25) is 10.0 Å². The van der Waals surface area contributed by atoms with Crippen molar-refractivity contribution in [3.05, 3.63) is 288 Å². The first-order chi connectivity index (χ1) is 65.0. The summed E-state index contributed by atoms with van der Waals surface area (Å²) in [5.74, 6) is 26.1. The van der Waals surface area contributed by atoms with Gasteiger partial charge in [-0.05, 0) is 225 Å². The van der Waals surface area contributed by atoms with Crippen LogP contribution >= 0.6 is 23.2 Å². The van der Waals surface area contributed by atoms with E-state index in [1.54, 1.807) is 55.2 Å². The number of anilines is 5. The summed E-state index contributed by atoms with van der Waals surface area (Å²) in [5, 5.41) is 23.4. The summed E-state index contributed by atoms with van der Waals surface area (Å²) in [6.45, 7) is 26.4. The van der Waals surface area contributed by atoms with Gasteiger partial charge in [0.25, 0.3) is 23.6 Å². The summed E-state index contributed by atoms with van der Waals surface area (Å²) in [7, 11) is 2.14. The van der Waals surface area contributed by atoms with Gasteiger partial charge >= 0.3 is 0 Å². The predicted octanol–water partition coefficient (Wildman–Crippen LogP) is 14.5. The van der Waals surface area contributed by atoms with Gasteiger partial charge in [-0.15, -0.1) is 0 Å². The van der Waals surface area contributed by atoms with Gasteiger partial charge in [0, 0.05) is 214 Å². The van der Waals surface area contributed by atoms with Crippen molar-refractivity contribution in [1.82, 2.24) is 75.2 Å². The number of morpholine rings is 1. The number of nitrogens with two attached hydrogens (primary N) is 4. The summed E-state index contributed by atoms with van der Waals surface area (Å²) >= 11 is 12.4. The number of rotatable bonds is 18. The standard InChI is InChI=1S/C28H27FN6O2.C27H29ClN4O.C26H28ClN5O.C25H27N5O/c1-19-2-3-21(28(36)32-26-8-9-35(33-26)11-10-34-12-14-37-15-13-34)16-20(19)5-7-24-25-17-23(29)6-4-22(25)18-31-27(24)30;1-19-6-7-21(27(33)30-12-5-15-32-13-3-2-4-14-32)16-20(19)9-11-24-25-17-23(28)10-8-22(25)18-31-26(24)29;1-18-3-4-20(26(33)29-9-10-32-13-11-31(2)12-14-32)15-19(18)6-8-23-24-16-22(27)7-5-21(24)17-30-25(23)28;1-18-7-8-20(25(31)28-12-15-30-13-3-2-4-14-30)16-19(18)9-10-21-17-29-24(26)23-22(21)6-5-11-27-23/h2-4,6,8-9,16-18H,10-15H2,1H3,(H2,30,31)(H,32,33,36);6-8,10,16-18H,2-5,12-15H2,1H3,(H2,29,31)(H,30,33);3-5,7,15-17H,9-14H2,1-2H3,(H2,28,30)(H,29,33);5-8,11,16-17H,2-4,12-15H2,1H3,(H2,26,29)(H,28,31). The molecule has 0 atom stereocenters. The van der Waals surface area contributed by atoms with Crippen molar-refractivity contribution in [3.63, 3.8) is 0 Å². The Bertz CT molecular complexity index is 6720. The van der Waals surface area contributed by atoms with Gasteiger partial charge in [-0.1, -0.05) is 120 Å². The molecule has 6 aromatic heterocycles. The van der Waals surface area contributed by atoms with Crippen molar-refractivity contribution in [2.45, 2.75) is 79.2 Å². The van der Waals surface area contributed by atoms with Crippen LogP contribution in [0.25, 0.3) is 43.2 Å². The van der Waals surface area contributed by atoms with Crippen LogP contribution in [0.5, 0.6) is 0 Å². The number of ether oxygens (including phenoxy) is 1. The van der Waals surface area contributed by atoms with Crippen LogP contribution in [0.3, 0.4) is 0 Å². The van der Waals surface area contributed by atoms with E-state index in [9.17, 15) is 23.6 Å². The van der Waals surface area contributed by atoms with Crippen molar-refractivity contribution in [3.8, 4) is 47.4 Å². The van der Waals surface area contributed by atoms with E-state index in [-0.39, 0.29) is 35.3 Å². The van der Waals surface area contributed by atoms with Gasteiger partial charge in [-0.2, -0.15) is 5.10 Å². The number of pyridine rings is 5. The fourth-order valence-corrected chi connectivity index (χ4v) is 16.4. The largest absolute Gasteiger partial charge is 0.383 e. The SMILES string of the molecule is Cc1ccc(C(=O)NCCCN2CCCCC2)cc1C#Cc1c(N)ncc2ccc(Cl)cc12.Cc1ccc(C(=O)NCCN2CCCCC2)cc1C#Cc1cnc(N)c2ncccc12.Cc1ccc(C(=O)NCCN2CCN(C)CC2)cc1C#Cc1c(N)ncc2ccc(Cl)cc12.Cc1ccc(C(=O)Nc2ccn(CCN3CCOCC3)n2)cc1C#Cc1c(N)ncc2ccc(F)cc12. The summed E-state index contributed by atoms with van der Waals surface area (Å²) in [6.07, 6.45) is 18.9. The van der Waals surface area contributed by atoms with E-state index in [0.717, 1.165) is 182 Å². The van der Waals surface area contributed by atoms with E-state index in [1.807, 2.05) is 148 Å². The lowest BCUT2D eigenvalue weighted by molar-refractivity contribution is 0.0360. The lowest BCUT2D eigenvalue weighted by atomic mass is 10.0. The van der Waals surface area contributed by atoms with Crippen LogP contribution in [-0.4, -0.2) is 214 Å². The molecule has 134 heavy (non-hydrogen) atoms. The zero-order valence-corrected chi connectivity index (χ0v) is 77.8. The number of piperidine rings is 2. The number of aryl methyl sites for hydroxylation is 4. The number of nitrogen functional groups attached to an aromatic ring is 4. The van der Waals surface area contributed by atoms with Crippen molar-refractivity contribution < 1.29 is 28.3 Å². The number of carbonyl (C=O) groups excluding carboxylic acids is 4. The highest BCUT2D eigenvalue weighted by molar-refractivity contribution is 6.32. The molecule has 0 spiro atoms. The van der Waals surface area contributed by atoms with Gasteiger partial charge in [0.1, 0.15) is 34.6 Å². The molecule has 0 radical (unpaired) electrons. The molecule has 25 nitrogen and oxygen atoms in total. The Kier molecular flexibility index (Phi) is 33.7. The maximum atomic E-state index is 13.9. The summed E-state index contributed by atoms with van der Waals surface area (Å²) in [6, 6.07) is 43.2. The normalized spacial score (nSPS) is 14.1. The third kappa shape index (κ3) is 26.5. The molecule has 0 aliphatic carbocycles. The van der Waals surface area contributed by atoms with Gasteiger partial charge in [0.15, 0.2) is 5.82 Å². The highest BCUT2D eigenvalue weighted by atomic mass is 35.5. The van der Waals surface area contributed by atoms with E-state index in [2.05, 4.69) is 130 Å². The van der Waals surface area contributed by atoms with Crippen molar-refractivity contribution >= 4 is 119 Å². The molecule has 12 N–H and O–H groups in total. The summed E-state index contributed by atoms with van der Waals surface area (Å²) in [4.78, 5) is 84.1. The molecule has 13 aromatic rings. The first-order valence-electron chi connectivity index (χ1n) is 45.4. The molecule has 17 rings (SSSR count). The highest BCUT2D eigenvalue weighted by Gasteiger charge is 2.21. The number of nitrogens with zero attached hydrogens (tertiary/aromatic N) is 12. The molecule has 0 bridgehead atoms. The first kappa shape index (κ1) is 96.2. The predicted molar refractivity (Wildman–Crippen MR) is 535 cm³/mol. The second-order valence-electron chi connectivity index (χ2n) is 33.8. The zero-order chi connectivity index (χ0) is 94.0. The number of halogens is 3. The fraction of sp³-hybridized carbons (Fsp3) is 0.302. The number of hydrogen-bond donors (Lipinski definition) is 8. The van der Waals surface area contributed by atoms with Crippen LogP contribution in [0, 0.1) is 80.9 Å². The van der Waals surface area contributed by atoms with E-state index in [0.29, 0.717) is 108 Å². The number of piperazine rings is 1. The second-order valence-corrected chi connectivity index (χ2v) is 34.6. The minimum atomic E-state index is -0.375. The molecular weight excluding hydrogens is 1720 g/mol. The smallest absolute Gasteiger partial charge is 0.256 e. The number of likely N-dealkylation sites (N-methyl/N-ethyl adjacent to an activating group) is 1. The summed E-state index contributed by atoms with van der Waals surface area (Å²) < 4.78 is 21.1. The van der Waals surface area contributed by atoms with Crippen LogP contribution < -0.4 is 44.2 Å². The number of amides is 4. The first-order valence-corrected chi connectivity index (χ1v) is 46.1. The minimum absolute atomic E-state index is 0.0659. The monoisotopic (exact) mass is 1830 g/mol. The Morgan fingerprint density at radius 1 is 0.403 bits per heavy atom. The third-order valence-electron chi connectivity index (χ3n) is 24.1. The average Bonchev–Trinajstić information content (AvgIpc) is 1.03. The van der Waals surface area contributed by atoms with E-state index < -0.39 is 0 Å². The van der Waals surface area contributed by atoms with Gasteiger partial charge in [0.05, 0.1) is 42.0 Å². The molecule has 4 aliphatic rings. The van der Waals surface area contributed by atoms with Crippen LogP contribution in [0.4, 0.5) is 33.5 Å². The third-order valence-corrected chi connectivity index (χ3v) is 24.6. The van der Waals surface area contributed by atoms with Crippen molar-refractivity contribution in [1.29, 1.82) is 0 Å². The number of carbonyl (C=O) groups is 4. The molecule has 28 heteroatoms. The van der Waals surface area contributed by atoms with Crippen LogP contribution in [0.15, 0.2) is 183 Å². The molecule has 4 fully saturated rings. The average molecular weight is 1840 g/mol. The molecule has 686 valence electrons. The minimum Gasteiger partial charge on any atom is -0.383 e. The Morgan fingerprint density at radius 3 is 1.31 bits per heavy atom. The van der Waals surface area contributed by atoms with Gasteiger partial charge in [-0.3, -0.25) is 38.6 Å². The number of aromatic nitrogens is 7. The Hall–Kier alpha value is -13.9. The molecule has 0 saturated carbocycles. The van der Waals surface area contributed by atoms with Gasteiger partial charge in [0.2, 0.25) is 0 Å². The van der Waals surface area contributed by atoms with E-state index in [1.165, 1.54) is 63.7 Å². The van der Waals surface area contributed by atoms with E-state index in [4.69, 9.17) is 50.9 Å². The molecule has 4 amide bonds. The molecule has 0 unspecified atom stereocenters. The lowest BCUT2D eigenvalue weighted by Gasteiger charge is -2.32. The Labute approximate surface area is 791 Å². The maximum absolute atomic E-state index is 13.9.